The Hall–Kier alpha value is -0.160. The van der Waals surface area contributed by atoms with Gasteiger partial charge in [-0.1, -0.05) is 0 Å². The van der Waals surface area contributed by atoms with Crippen LogP contribution in [0.5, 0.6) is 0 Å². The van der Waals surface area contributed by atoms with Crippen molar-refractivity contribution < 1.29 is 9.47 Å². The molecule has 2 spiro atoms. The van der Waals surface area contributed by atoms with Gasteiger partial charge in [0.1, 0.15) is 11.4 Å². The van der Waals surface area contributed by atoms with Crippen molar-refractivity contribution >= 4 is 0 Å². The largest absolute Gasteiger partial charge is 0.359 e. The van der Waals surface area contributed by atoms with Crippen LogP contribution in [0.3, 0.4) is 0 Å². The third-order valence-corrected chi connectivity index (χ3v) is 6.72. The monoisotopic (exact) mass is 310 g/mol. The number of hydrogen-bond donors (Lipinski definition) is 0. The first-order chi connectivity index (χ1) is 10.1. The van der Waals surface area contributed by atoms with E-state index in [9.17, 15) is 0 Å². The molecule has 1 saturated carbocycles. The third kappa shape index (κ3) is 2.43. The molecule has 4 nitrogen and oxygen atoms in total. The predicted octanol–water partition coefficient (Wildman–Crippen LogP) is 3.21. The van der Waals surface area contributed by atoms with E-state index >= 15 is 0 Å². The van der Waals surface area contributed by atoms with Crippen molar-refractivity contribution in [2.75, 3.05) is 27.3 Å². The van der Waals surface area contributed by atoms with Crippen molar-refractivity contribution in [2.45, 2.75) is 88.7 Å². The molecule has 0 aromatic rings. The summed E-state index contributed by atoms with van der Waals surface area (Å²) in [5, 5.41) is 0. The van der Waals surface area contributed by atoms with Crippen molar-refractivity contribution in [3.8, 4) is 0 Å². The Kier molecular flexibility index (Phi) is 3.92. The van der Waals surface area contributed by atoms with Gasteiger partial charge in [0, 0.05) is 11.1 Å². The fraction of sp³-hybridized carbons (Fsp3) is 1.00. The van der Waals surface area contributed by atoms with E-state index in [0.717, 1.165) is 38.9 Å². The smallest absolute Gasteiger partial charge is 0.122 e. The molecule has 128 valence electrons. The van der Waals surface area contributed by atoms with Gasteiger partial charge >= 0.3 is 0 Å². The van der Waals surface area contributed by atoms with Crippen molar-refractivity contribution in [1.82, 2.24) is 9.80 Å². The lowest BCUT2D eigenvalue weighted by Gasteiger charge is -2.46. The average molecular weight is 310 g/mol. The third-order valence-electron chi connectivity index (χ3n) is 6.72. The first-order valence-corrected chi connectivity index (χ1v) is 8.90. The maximum absolute atomic E-state index is 6.39. The Morgan fingerprint density at radius 3 is 1.27 bits per heavy atom. The molecule has 0 N–H and O–H groups in total. The van der Waals surface area contributed by atoms with Crippen LogP contribution in [0, 0.1) is 0 Å². The summed E-state index contributed by atoms with van der Waals surface area (Å²) in [6.07, 6.45) is 6.87. The van der Waals surface area contributed by atoms with E-state index in [4.69, 9.17) is 9.47 Å². The molecule has 1 aliphatic carbocycles. The molecule has 0 aromatic heterocycles. The van der Waals surface area contributed by atoms with Crippen molar-refractivity contribution in [2.24, 2.45) is 0 Å². The molecule has 3 aliphatic rings. The number of ether oxygens (including phenoxy) is 2. The van der Waals surface area contributed by atoms with Gasteiger partial charge in [-0.3, -0.25) is 9.80 Å². The zero-order chi connectivity index (χ0) is 16.2. The summed E-state index contributed by atoms with van der Waals surface area (Å²) >= 11 is 0. The topological polar surface area (TPSA) is 24.9 Å². The summed E-state index contributed by atoms with van der Waals surface area (Å²) in [6.45, 7) is 10.8. The summed E-state index contributed by atoms with van der Waals surface area (Å²) in [5.41, 5.74) is 0.0871. The van der Waals surface area contributed by atoms with Crippen molar-refractivity contribution in [3.63, 3.8) is 0 Å². The van der Waals surface area contributed by atoms with E-state index < -0.39 is 0 Å². The van der Waals surface area contributed by atoms with Gasteiger partial charge in [-0.2, -0.15) is 0 Å². The van der Waals surface area contributed by atoms with Crippen LogP contribution in [0.2, 0.25) is 0 Å². The van der Waals surface area contributed by atoms with Crippen molar-refractivity contribution in [3.05, 3.63) is 0 Å². The van der Waals surface area contributed by atoms with Gasteiger partial charge in [-0.15, -0.1) is 0 Å². The molecular formula is C18H34N2O2. The maximum Gasteiger partial charge on any atom is 0.122 e. The molecule has 3 rings (SSSR count). The second-order valence-corrected chi connectivity index (χ2v) is 8.92. The Morgan fingerprint density at radius 1 is 0.636 bits per heavy atom. The van der Waals surface area contributed by atoms with E-state index in [-0.39, 0.29) is 22.5 Å². The fourth-order valence-corrected chi connectivity index (χ4v) is 4.51. The first-order valence-electron chi connectivity index (χ1n) is 8.90. The molecule has 3 fully saturated rings. The van der Waals surface area contributed by atoms with Gasteiger partial charge in [0.25, 0.3) is 0 Å². The Labute approximate surface area is 136 Å². The summed E-state index contributed by atoms with van der Waals surface area (Å²) in [5.74, 6) is 0. The Morgan fingerprint density at radius 2 is 1.00 bits per heavy atom. The average Bonchev–Trinajstić information content (AvgIpc) is 2.80. The molecule has 0 radical (unpaired) electrons. The van der Waals surface area contributed by atoms with E-state index in [1.54, 1.807) is 0 Å². The van der Waals surface area contributed by atoms with Crippen LogP contribution in [-0.4, -0.2) is 59.6 Å². The quantitative estimate of drug-likeness (QED) is 0.686. The molecule has 4 heteroatoms. The highest BCUT2D eigenvalue weighted by atomic mass is 16.5. The summed E-state index contributed by atoms with van der Waals surface area (Å²) in [7, 11) is 4.48. The van der Waals surface area contributed by atoms with Crippen LogP contribution in [0.4, 0.5) is 0 Å². The standard InChI is InChI=1S/C18H34N2O2/c1-15(2)13-21-17(19(15)5)9-7-8-10-18(12-11-17)20(6)16(3,4)14-22-18/h7-14H2,1-6H3. The molecule has 2 saturated heterocycles. The van der Waals surface area contributed by atoms with E-state index in [1.807, 2.05) is 0 Å². The van der Waals surface area contributed by atoms with Gasteiger partial charge in [0.05, 0.1) is 13.2 Å². The molecule has 2 atom stereocenters. The number of rotatable bonds is 0. The van der Waals surface area contributed by atoms with Gasteiger partial charge in [-0.25, -0.2) is 0 Å². The van der Waals surface area contributed by atoms with Crippen LogP contribution in [0.1, 0.15) is 66.2 Å². The SMILES string of the molecule is CN1C(C)(C)COC12CCCCC1(CC2)OCC(C)(C)N1C. The number of likely N-dealkylation sites (N-methyl/N-ethyl adjacent to an activating group) is 2. The maximum atomic E-state index is 6.39. The second-order valence-electron chi connectivity index (χ2n) is 8.92. The highest BCUT2D eigenvalue weighted by Crippen LogP contribution is 2.47. The fourth-order valence-electron chi connectivity index (χ4n) is 4.51. The lowest BCUT2D eigenvalue weighted by molar-refractivity contribution is -0.146. The molecule has 22 heavy (non-hydrogen) atoms. The van der Waals surface area contributed by atoms with E-state index in [0.29, 0.717) is 0 Å². The molecule has 0 bridgehead atoms. The highest BCUT2D eigenvalue weighted by Gasteiger charge is 2.54. The number of hydrogen-bond acceptors (Lipinski definition) is 4. The van der Waals surface area contributed by atoms with E-state index in [2.05, 4.69) is 51.6 Å². The minimum atomic E-state index is -0.0894. The number of nitrogens with zero attached hydrogens (tertiary/aromatic N) is 2. The summed E-state index contributed by atoms with van der Waals surface area (Å²) in [6, 6.07) is 0. The molecule has 0 aromatic carbocycles. The van der Waals surface area contributed by atoms with Gasteiger partial charge < -0.3 is 9.47 Å². The van der Waals surface area contributed by atoms with Crippen LogP contribution < -0.4 is 0 Å². The molecule has 0 amide bonds. The van der Waals surface area contributed by atoms with Crippen LogP contribution in [-0.2, 0) is 9.47 Å². The van der Waals surface area contributed by atoms with Gasteiger partial charge in [-0.05, 0) is 80.3 Å². The van der Waals surface area contributed by atoms with Crippen LogP contribution in [0.25, 0.3) is 0 Å². The Balaban J connectivity index is 1.81. The zero-order valence-electron chi connectivity index (χ0n) is 15.4. The molecular weight excluding hydrogens is 276 g/mol. The van der Waals surface area contributed by atoms with Gasteiger partial charge in [0.2, 0.25) is 0 Å². The second kappa shape index (κ2) is 5.17. The molecule has 2 aliphatic heterocycles. The van der Waals surface area contributed by atoms with Crippen molar-refractivity contribution in [1.29, 1.82) is 0 Å². The zero-order valence-corrected chi connectivity index (χ0v) is 15.4. The minimum absolute atomic E-state index is 0.0894. The molecule has 2 unspecified atom stereocenters. The lowest BCUT2D eigenvalue weighted by Crippen LogP contribution is -2.54. The van der Waals surface area contributed by atoms with Gasteiger partial charge in [0.15, 0.2) is 0 Å². The first kappa shape index (κ1) is 16.7. The molecule has 2 heterocycles. The minimum Gasteiger partial charge on any atom is -0.359 e. The van der Waals surface area contributed by atoms with E-state index in [1.165, 1.54) is 12.8 Å². The summed E-state index contributed by atoms with van der Waals surface area (Å²) in [4.78, 5) is 4.97. The summed E-state index contributed by atoms with van der Waals surface area (Å²) < 4.78 is 12.8. The predicted molar refractivity (Wildman–Crippen MR) is 88.8 cm³/mol. The Bertz CT molecular complexity index is 397. The van der Waals surface area contributed by atoms with Crippen LogP contribution in [0.15, 0.2) is 0 Å². The normalized spacial score (nSPS) is 42.8. The lowest BCUT2D eigenvalue weighted by atomic mass is 9.85. The van der Waals surface area contributed by atoms with Crippen LogP contribution >= 0.6 is 0 Å². The highest BCUT2D eigenvalue weighted by molar-refractivity contribution is 5.02.